The molecule has 0 aliphatic heterocycles. The smallest absolute Gasteiger partial charge is 0.273 e. The summed E-state index contributed by atoms with van der Waals surface area (Å²) in [6, 6.07) is 13.1. The van der Waals surface area contributed by atoms with E-state index in [0.717, 1.165) is 5.56 Å². The zero-order chi connectivity index (χ0) is 22.1. The number of primary amides is 1. The fourth-order valence-corrected chi connectivity index (χ4v) is 4.41. The molecule has 1 aliphatic carbocycles. The van der Waals surface area contributed by atoms with Gasteiger partial charge in [0.05, 0.1) is 6.04 Å². The summed E-state index contributed by atoms with van der Waals surface area (Å²) in [5.74, 6) is -1.24. The molecular formula is C24H21ClFN3O2. The highest BCUT2D eigenvalue weighted by Crippen LogP contribution is 2.40. The van der Waals surface area contributed by atoms with E-state index in [1.807, 2.05) is 13.0 Å². The third-order valence-corrected chi connectivity index (χ3v) is 5.91. The molecule has 31 heavy (non-hydrogen) atoms. The molecule has 2 amide bonds. The molecule has 1 atom stereocenters. The van der Waals surface area contributed by atoms with E-state index in [2.05, 4.69) is 4.98 Å². The maximum absolute atomic E-state index is 14.5. The summed E-state index contributed by atoms with van der Waals surface area (Å²) in [6.45, 7) is 1.95. The fourth-order valence-electron chi connectivity index (χ4n) is 4.20. The van der Waals surface area contributed by atoms with E-state index in [9.17, 15) is 14.0 Å². The molecule has 2 N–H and O–H groups in total. The summed E-state index contributed by atoms with van der Waals surface area (Å²) < 4.78 is 14.5. The molecule has 1 heterocycles. The van der Waals surface area contributed by atoms with Crippen LogP contribution in [0.5, 0.6) is 0 Å². The highest BCUT2D eigenvalue weighted by atomic mass is 35.5. The van der Waals surface area contributed by atoms with Crippen LogP contribution in [0, 0.1) is 12.7 Å². The van der Waals surface area contributed by atoms with Gasteiger partial charge in [0.15, 0.2) is 0 Å². The average molecular weight is 438 g/mol. The van der Waals surface area contributed by atoms with Crippen LogP contribution in [0.4, 0.5) is 4.39 Å². The second kappa shape index (κ2) is 8.47. The van der Waals surface area contributed by atoms with Gasteiger partial charge >= 0.3 is 0 Å². The van der Waals surface area contributed by atoms with Crippen molar-refractivity contribution >= 4 is 23.4 Å². The number of aryl methyl sites for hydroxylation is 1. The Labute approximate surface area is 184 Å². The first-order chi connectivity index (χ1) is 14.9. The molecule has 5 nitrogen and oxygen atoms in total. The van der Waals surface area contributed by atoms with Gasteiger partial charge in [-0.15, -0.1) is 0 Å². The van der Waals surface area contributed by atoms with Crippen molar-refractivity contribution in [1.82, 2.24) is 9.88 Å². The SMILES string of the molecule is Cc1cccnc1C(=O)N(Cc1ccccc1C(N)=O)[C@@H]1CCc2c(F)cc(Cl)cc21. The minimum atomic E-state index is -0.571. The first-order valence-electron chi connectivity index (χ1n) is 9.95. The molecule has 0 radical (unpaired) electrons. The molecular weight excluding hydrogens is 417 g/mol. The number of pyridine rings is 1. The Bertz CT molecular complexity index is 1180. The summed E-state index contributed by atoms with van der Waals surface area (Å²) in [4.78, 5) is 31.5. The second-order valence-electron chi connectivity index (χ2n) is 7.63. The first kappa shape index (κ1) is 21.0. The molecule has 3 aromatic rings. The minimum Gasteiger partial charge on any atom is -0.366 e. The van der Waals surface area contributed by atoms with Crippen LogP contribution in [0.25, 0.3) is 0 Å². The molecule has 1 aromatic heterocycles. The van der Waals surface area contributed by atoms with Crippen molar-refractivity contribution in [2.75, 3.05) is 0 Å². The van der Waals surface area contributed by atoms with Gasteiger partial charge in [-0.2, -0.15) is 0 Å². The third-order valence-electron chi connectivity index (χ3n) is 5.69. The van der Waals surface area contributed by atoms with Crippen molar-refractivity contribution in [2.45, 2.75) is 32.4 Å². The molecule has 0 bridgehead atoms. The number of hydrogen-bond acceptors (Lipinski definition) is 3. The number of carbonyl (C=O) groups is 2. The Kier molecular flexibility index (Phi) is 5.74. The largest absolute Gasteiger partial charge is 0.366 e. The van der Waals surface area contributed by atoms with Gasteiger partial charge in [-0.3, -0.25) is 14.6 Å². The Morgan fingerprint density at radius 2 is 2.00 bits per heavy atom. The molecule has 1 aliphatic rings. The van der Waals surface area contributed by atoms with Gasteiger partial charge in [-0.05, 0) is 66.3 Å². The van der Waals surface area contributed by atoms with Crippen LogP contribution in [-0.4, -0.2) is 21.7 Å². The van der Waals surface area contributed by atoms with Crippen LogP contribution >= 0.6 is 11.6 Å². The van der Waals surface area contributed by atoms with Crippen molar-refractivity contribution in [3.05, 3.63) is 99.1 Å². The quantitative estimate of drug-likeness (QED) is 0.633. The van der Waals surface area contributed by atoms with Crippen molar-refractivity contribution in [3.63, 3.8) is 0 Å². The molecule has 7 heteroatoms. The molecule has 0 spiro atoms. The monoisotopic (exact) mass is 437 g/mol. The lowest BCUT2D eigenvalue weighted by atomic mass is 10.0. The zero-order valence-electron chi connectivity index (χ0n) is 16.9. The zero-order valence-corrected chi connectivity index (χ0v) is 17.7. The fraction of sp³-hybridized carbons (Fsp3) is 0.208. The van der Waals surface area contributed by atoms with Crippen LogP contribution < -0.4 is 5.73 Å². The van der Waals surface area contributed by atoms with Gasteiger partial charge in [0.1, 0.15) is 11.5 Å². The molecule has 0 unspecified atom stereocenters. The normalized spacial score (nSPS) is 14.9. The highest BCUT2D eigenvalue weighted by Gasteiger charge is 2.35. The third kappa shape index (κ3) is 4.03. The maximum atomic E-state index is 14.5. The predicted octanol–water partition coefficient (Wildman–Crippen LogP) is 4.61. The van der Waals surface area contributed by atoms with E-state index in [0.29, 0.717) is 40.8 Å². The number of hydrogen-bond donors (Lipinski definition) is 1. The average Bonchev–Trinajstić information content (AvgIpc) is 3.16. The number of halogens is 2. The van der Waals surface area contributed by atoms with Gasteiger partial charge in [-0.25, -0.2) is 4.39 Å². The van der Waals surface area contributed by atoms with Gasteiger partial charge in [0.2, 0.25) is 5.91 Å². The van der Waals surface area contributed by atoms with Gasteiger partial charge < -0.3 is 10.6 Å². The topological polar surface area (TPSA) is 76.3 Å². The van der Waals surface area contributed by atoms with Crippen LogP contribution in [0.2, 0.25) is 5.02 Å². The molecule has 0 fully saturated rings. The number of nitrogens with two attached hydrogens (primary N) is 1. The van der Waals surface area contributed by atoms with E-state index in [4.69, 9.17) is 17.3 Å². The number of nitrogens with zero attached hydrogens (tertiary/aromatic N) is 2. The summed E-state index contributed by atoms with van der Waals surface area (Å²) in [5, 5.41) is 0.280. The van der Waals surface area contributed by atoms with E-state index in [-0.39, 0.29) is 23.3 Å². The Balaban J connectivity index is 1.81. The summed E-state index contributed by atoms with van der Waals surface area (Å²) in [6.07, 6.45) is 2.60. The lowest BCUT2D eigenvalue weighted by Crippen LogP contribution is -2.35. The second-order valence-corrected chi connectivity index (χ2v) is 8.07. The number of rotatable bonds is 5. The number of fused-ring (bicyclic) bond motifs is 1. The van der Waals surface area contributed by atoms with Crippen molar-refractivity contribution in [3.8, 4) is 0 Å². The van der Waals surface area contributed by atoms with E-state index >= 15 is 0 Å². The number of aromatic nitrogens is 1. The summed E-state index contributed by atoms with van der Waals surface area (Å²) >= 11 is 6.13. The number of carbonyl (C=O) groups excluding carboxylic acids is 2. The Morgan fingerprint density at radius 1 is 1.23 bits per heavy atom. The van der Waals surface area contributed by atoms with Crippen LogP contribution in [0.15, 0.2) is 54.7 Å². The number of benzene rings is 2. The van der Waals surface area contributed by atoms with E-state index in [1.165, 1.54) is 6.07 Å². The summed E-state index contributed by atoms with van der Waals surface area (Å²) in [7, 11) is 0. The maximum Gasteiger partial charge on any atom is 0.273 e. The van der Waals surface area contributed by atoms with Gasteiger partial charge in [0, 0.05) is 23.3 Å². The lowest BCUT2D eigenvalue weighted by molar-refractivity contribution is 0.0649. The van der Waals surface area contributed by atoms with Crippen LogP contribution in [0.1, 0.15) is 55.6 Å². The standard InChI is InChI=1S/C24H21ClFN3O2/c1-14-5-4-10-28-22(14)24(31)29(13-15-6-2-3-7-17(15)23(27)30)21-9-8-18-19(21)11-16(25)12-20(18)26/h2-7,10-12,21H,8-9,13H2,1H3,(H2,27,30)/t21-/m1/s1. The molecule has 2 aromatic carbocycles. The highest BCUT2D eigenvalue weighted by molar-refractivity contribution is 6.30. The molecule has 0 saturated carbocycles. The van der Waals surface area contributed by atoms with Crippen LogP contribution in [0.3, 0.4) is 0 Å². The number of amides is 2. The van der Waals surface area contributed by atoms with Gasteiger partial charge in [0.25, 0.3) is 5.91 Å². The van der Waals surface area contributed by atoms with Gasteiger partial charge in [-0.1, -0.05) is 35.9 Å². The first-order valence-corrected chi connectivity index (χ1v) is 10.3. The van der Waals surface area contributed by atoms with Crippen molar-refractivity contribution in [1.29, 1.82) is 0 Å². The molecule has 158 valence electrons. The molecule has 0 saturated heterocycles. The van der Waals surface area contributed by atoms with E-state index < -0.39 is 11.9 Å². The predicted molar refractivity (Wildman–Crippen MR) is 116 cm³/mol. The Morgan fingerprint density at radius 3 is 2.74 bits per heavy atom. The summed E-state index contributed by atoms with van der Waals surface area (Å²) in [5.41, 5.74) is 8.80. The lowest BCUT2D eigenvalue weighted by Gasteiger charge is -2.31. The molecule has 4 rings (SSSR count). The van der Waals surface area contributed by atoms with Crippen molar-refractivity contribution in [2.24, 2.45) is 5.73 Å². The Hall–Kier alpha value is -3.25. The van der Waals surface area contributed by atoms with Crippen molar-refractivity contribution < 1.29 is 14.0 Å². The van der Waals surface area contributed by atoms with E-state index in [1.54, 1.807) is 47.5 Å². The van der Waals surface area contributed by atoms with Crippen LogP contribution in [-0.2, 0) is 13.0 Å². The minimum absolute atomic E-state index is 0.131.